The summed E-state index contributed by atoms with van der Waals surface area (Å²) in [5.41, 5.74) is 1.75. The van der Waals surface area contributed by atoms with Crippen molar-refractivity contribution in [1.29, 1.82) is 0 Å². The lowest BCUT2D eigenvalue weighted by Gasteiger charge is -2.31. The second-order valence-corrected chi connectivity index (χ2v) is 7.39. The fourth-order valence-electron chi connectivity index (χ4n) is 3.83. The molecule has 2 aromatic carbocycles. The highest BCUT2D eigenvalue weighted by molar-refractivity contribution is 5.91. The molecule has 1 saturated heterocycles. The summed E-state index contributed by atoms with van der Waals surface area (Å²) >= 11 is 0. The molecule has 3 aromatic rings. The summed E-state index contributed by atoms with van der Waals surface area (Å²) in [5.74, 6) is 1.22. The first-order valence-electron chi connectivity index (χ1n) is 10.3. The molecule has 0 atom stereocenters. The Bertz CT molecular complexity index is 1080. The van der Waals surface area contributed by atoms with Crippen LogP contribution in [0.3, 0.4) is 0 Å². The lowest BCUT2D eigenvalue weighted by molar-refractivity contribution is -0.382. The first kappa shape index (κ1) is 21.8. The number of morpholine rings is 1. The third kappa shape index (κ3) is 4.58. The van der Waals surface area contributed by atoms with Crippen molar-refractivity contribution in [3.63, 3.8) is 0 Å². The maximum Gasteiger partial charge on any atom is 0.323 e. The Morgan fingerprint density at radius 3 is 2.62 bits per heavy atom. The zero-order valence-electron chi connectivity index (χ0n) is 18.0. The summed E-state index contributed by atoms with van der Waals surface area (Å²) in [6.45, 7) is 4.78. The van der Waals surface area contributed by atoms with E-state index in [4.69, 9.17) is 18.8 Å². The normalized spacial score (nSPS) is 14.4. The monoisotopic (exact) mass is 443 g/mol. The number of rotatable bonds is 9. The van der Waals surface area contributed by atoms with Gasteiger partial charge >= 0.3 is 5.69 Å². The lowest BCUT2D eigenvalue weighted by Crippen LogP contribution is -2.41. The summed E-state index contributed by atoms with van der Waals surface area (Å²) in [7, 11) is 3.16. The zero-order valence-corrected chi connectivity index (χ0v) is 18.0. The van der Waals surface area contributed by atoms with E-state index in [0.29, 0.717) is 49.0 Å². The molecule has 0 spiro atoms. The van der Waals surface area contributed by atoms with Gasteiger partial charge in [0.15, 0.2) is 11.5 Å². The van der Waals surface area contributed by atoms with Gasteiger partial charge in [0.2, 0.25) is 5.52 Å². The van der Waals surface area contributed by atoms with Crippen molar-refractivity contribution in [2.45, 2.75) is 6.54 Å². The van der Waals surface area contributed by atoms with Crippen LogP contribution in [0, 0.1) is 10.1 Å². The first-order valence-corrected chi connectivity index (χ1v) is 10.3. The van der Waals surface area contributed by atoms with Crippen LogP contribution < -0.4 is 14.4 Å². The van der Waals surface area contributed by atoms with Crippen LogP contribution in [-0.2, 0) is 11.3 Å². The summed E-state index contributed by atoms with van der Waals surface area (Å²) in [6, 6.07) is 9.01. The SMILES string of the molecule is COc1ccc(CN(CCN2CCOCC2)c2ccc3nonc3c2[N+](=O)[O-])cc1OC. The molecule has 0 unspecified atom stereocenters. The fourth-order valence-corrected chi connectivity index (χ4v) is 3.83. The van der Waals surface area contributed by atoms with Crippen molar-refractivity contribution in [3.05, 3.63) is 46.0 Å². The number of fused-ring (bicyclic) bond motifs is 1. The molecule has 0 saturated carbocycles. The molecule has 1 fully saturated rings. The van der Waals surface area contributed by atoms with Gasteiger partial charge in [-0.1, -0.05) is 6.07 Å². The van der Waals surface area contributed by atoms with Gasteiger partial charge in [-0.05, 0) is 40.1 Å². The van der Waals surface area contributed by atoms with Crippen molar-refractivity contribution in [1.82, 2.24) is 15.2 Å². The van der Waals surface area contributed by atoms with Gasteiger partial charge in [-0.25, -0.2) is 4.63 Å². The van der Waals surface area contributed by atoms with E-state index in [9.17, 15) is 10.1 Å². The molecule has 32 heavy (non-hydrogen) atoms. The van der Waals surface area contributed by atoms with Crippen LogP contribution in [0.2, 0.25) is 0 Å². The van der Waals surface area contributed by atoms with Crippen molar-refractivity contribution in [3.8, 4) is 11.5 Å². The van der Waals surface area contributed by atoms with Crippen LogP contribution in [0.15, 0.2) is 35.0 Å². The molecule has 2 heterocycles. The predicted octanol–water partition coefficient (Wildman–Crippen LogP) is 2.49. The number of nitro groups is 1. The highest BCUT2D eigenvalue weighted by Crippen LogP contribution is 2.36. The van der Waals surface area contributed by atoms with Crippen molar-refractivity contribution in [2.24, 2.45) is 0 Å². The van der Waals surface area contributed by atoms with E-state index in [0.717, 1.165) is 25.2 Å². The number of ether oxygens (including phenoxy) is 3. The third-order valence-electron chi connectivity index (χ3n) is 5.51. The highest BCUT2D eigenvalue weighted by atomic mass is 16.6. The number of benzene rings is 2. The second kappa shape index (κ2) is 9.79. The quantitative estimate of drug-likeness (QED) is 0.361. The largest absolute Gasteiger partial charge is 0.493 e. The van der Waals surface area contributed by atoms with Crippen molar-refractivity contribution in [2.75, 3.05) is 58.5 Å². The van der Waals surface area contributed by atoms with E-state index < -0.39 is 4.92 Å². The predicted molar refractivity (Wildman–Crippen MR) is 116 cm³/mol. The standard InChI is InChI=1S/C21H25N5O6/c1-29-18-6-3-15(13-19(18)30-2)14-25(8-7-24-9-11-31-12-10-24)17-5-4-16-20(23-32-22-16)21(17)26(27)28/h3-6,13H,7-12,14H2,1-2H3. The Labute approximate surface area is 184 Å². The van der Waals surface area contributed by atoms with Crippen LogP contribution in [0.4, 0.5) is 11.4 Å². The average molecular weight is 443 g/mol. The molecule has 0 radical (unpaired) electrons. The van der Waals surface area contributed by atoms with Gasteiger partial charge in [0.25, 0.3) is 0 Å². The number of nitro benzene ring substituents is 1. The molecule has 1 aliphatic heterocycles. The number of aromatic nitrogens is 2. The fraction of sp³-hybridized carbons (Fsp3) is 0.429. The number of anilines is 1. The topological polar surface area (TPSA) is 116 Å². The van der Waals surface area contributed by atoms with E-state index >= 15 is 0 Å². The smallest absolute Gasteiger partial charge is 0.323 e. The summed E-state index contributed by atoms with van der Waals surface area (Å²) in [4.78, 5) is 15.8. The summed E-state index contributed by atoms with van der Waals surface area (Å²) in [6.07, 6.45) is 0. The molecule has 1 aliphatic rings. The Morgan fingerprint density at radius 2 is 1.91 bits per heavy atom. The minimum Gasteiger partial charge on any atom is -0.493 e. The molecule has 11 heteroatoms. The molecule has 0 N–H and O–H groups in total. The highest BCUT2D eigenvalue weighted by Gasteiger charge is 2.27. The third-order valence-corrected chi connectivity index (χ3v) is 5.51. The van der Waals surface area contributed by atoms with Crippen molar-refractivity contribution >= 4 is 22.4 Å². The molecule has 4 rings (SSSR count). The molecule has 0 aliphatic carbocycles. The minimum absolute atomic E-state index is 0.119. The zero-order chi connectivity index (χ0) is 22.5. The maximum atomic E-state index is 12.0. The number of hydrogen-bond donors (Lipinski definition) is 0. The number of methoxy groups -OCH3 is 2. The molecular formula is C21H25N5O6. The molecule has 0 amide bonds. The van der Waals surface area contributed by atoms with E-state index in [1.807, 2.05) is 23.1 Å². The van der Waals surface area contributed by atoms with Crippen LogP contribution in [0.5, 0.6) is 11.5 Å². The Hall–Kier alpha value is -3.44. The van der Waals surface area contributed by atoms with Crippen LogP contribution in [0.1, 0.15) is 5.56 Å². The first-order chi connectivity index (χ1) is 15.6. The van der Waals surface area contributed by atoms with Gasteiger partial charge < -0.3 is 19.1 Å². The van der Waals surface area contributed by atoms with E-state index in [1.54, 1.807) is 26.4 Å². The Balaban J connectivity index is 1.68. The summed E-state index contributed by atoms with van der Waals surface area (Å²) in [5, 5.41) is 19.5. The van der Waals surface area contributed by atoms with Gasteiger partial charge in [-0.15, -0.1) is 0 Å². The van der Waals surface area contributed by atoms with E-state index in [-0.39, 0.29) is 11.2 Å². The minimum atomic E-state index is -0.432. The van der Waals surface area contributed by atoms with Crippen LogP contribution >= 0.6 is 0 Å². The number of hydrogen-bond acceptors (Lipinski definition) is 10. The van der Waals surface area contributed by atoms with Gasteiger partial charge in [-0.3, -0.25) is 15.0 Å². The van der Waals surface area contributed by atoms with Crippen molar-refractivity contribution < 1.29 is 23.8 Å². The van der Waals surface area contributed by atoms with Gasteiger partial charge in [0, 0.05) is 32.7 Å². The van der Waals surface area contributed by atoms with Gasteiger partial charge in [0.05, 0.1) is 32.4 Å². The Kier molecular flexibility index (Phi) is 6.66. The Morgan fingerprint density at radius 1 is 1.12 bits per heavy atom. The molecular weight excluding hydrogens is 418 g/mol. The van der Waals surface area contributed by atoms with E-state index in [1.165, 1.54) is 0 Å². The molecule has 1 aromatic heterocycles. The van der Waals surface area contributed by atoms with Gasteiger partial charge in [0.1, 0.15) is 11.2 Å². The molecule has 170 valence electrons. The lowest BCUT2D eigenvalue weighted by atomic mass is 10.1. The molecule has 11 nitrogen and oxygen atoms in total. The van der Waals surface area contributed by atoms with E-state index in [2.05, 4.69) is 15.2 Å². The van der Waals surface area contributed by atoms with Crippen LogP contribution in [-0.4, -0.2) is 73.7 Å². The second-order valence-electron chi connectivity index (χ2n) is 7.39. The van der Waals surface area contributed by atoms with Gasteiger partial charge in [-0.2, -0.15) is 0 Å². The maximum absolute atomic E-state index is 12.0. The van der Waals surface area contributed by atoms with Crippen LogP contribution in [0.25, 0.3) is 11.0 Å². The molecule has 0 bridgehead atoms. The number of nitrogens with zero attached hydrogens (tertiary/aromatic N) is 5. The average Bonchev–Trinajstić information content (AvgIpc) is 3.30. The summed E-state index contributed by atoms with van der Waals surface area (Å²) < 4.78 is 20.9.